The van der Waals surface area contributed by atoms with Gasteiger partial charge in [-0.2, -0.15) is 0 Å². The maximum Gasteiger partial charge on any atom is 0.335 e. The molecular weight excluding hydrogens is 218 g/mol. The van der Waals surface area contributed by atoms with Crippen LogP contribution in [0.3, 0.4) is 0 Å². The van der Waals surface area contributed by atoms with E-state index in [9.17, 15) is 4.79 Å². The molecule has 5 nitrogen and oxygen atoms in total. The molecule has 0 aliphatic heterocycles. The Balaban J connectivity index is 2.44. The maximum atomic E-state index is 10.9. The number of aryl methyl sites for hydroxylation is 1. The molecule has 0 aliphatic carbocycles. The first kappa shape index (κ1) is 9.77. The molecule has 0 amide bonds. The molecule has 2 heterocycles. The van der Waals surface area contributed by atoms with Crippen LogP contribution in [0.5, 0.6) is 0 Å². The Labute approximate surface area is 96.1 Å². The van der Waals surface area contributed by atoms with Gasteiger partial charge in [0, 0.05) is 16.3 Å². The van der Waals surface area contributed by atoms with Gasteiger partial charge in [0.05, 0.1) is 11.3 Å². The summed E-state index contributed by atoms with van der Waals surface area (Å²) >= 11 is 0. The topological polar surface area (TPSA) is 78.9 Å². The second kappa shape index (κ2) is 3.28. The van der Waals surface area contributed by atoms with Crippen molar-refractivity contribution in [2.24, 2.45) is 0 Å². The zero-order valence-electron chi connectivity index (χ0n) is 9.06. The van der Waals surface area contributed by atoms with Crippen molar-refractivity contribution in [3.63, 3.8) is 0 Å². The Hall–Kier alpha value is -2.43. The number of rotatable bonds is 1. The number of carbonyl (C=O) groups is 1. The number of aromatic carboxylic acids is 1. The Kier molecular flexibility index (Phi) is 1.89. The van der Waals surface area contributed by atoms with E-state index in [1.807, 2.05) is 6.92 Å². The Morgan fingerprint density at radius 2 is 2.18 bits per heavy atom. The van der Waals surface area contributed by atoms with Crippen LogP contribution >= 0.6 is 0 Å². The van der Waals surface area contributed by atoms with Crippen molar-refractivity contribution in [2.75, 3.05) is 0 Å². The maximum absolute atomic E-state index is 10.9. The fraction of sp³-hybridized carbons (Fsp3) is 0.0833. The predicted octanol–water partition coefficient (Wildman–Crippen LogP) is 2.12. The zero-order valence-corrected chi connectivity index (χ0v) is 9.06. The molecule has 84 valence electrons. The molecule has 3 aromatic rings. The largest absolute Gasteiger partial charge is 0.478 e. The molecule has 0 spiro atoms. The first-order chi connectivity index (χ1) is 8.16. The van der Waals surface area contributed by atoms with Gasteiger partial charge in [-0.15, -0.1) is 0 Å². The predicted molar refractivity (Wildman–Crippen MR) is 63.1 cm³/mol. The lowest BCUT2D eigenvalue weighted by molar-refractivity contribution is 0.0697. The monoisotopic (exact) mass is 227 g/mol. The van der Waals surface area contributed by atoms with Gasteiger partial charge in [-0.3, -0.25) is 0 Å². The van der Waals surface area contributed by atoms with Crippen LogP contribution in [0.1, 0.15) is 16.1 Å². The first-order valence-corrected chi connectivity index (χ1v) is 5.13. The van der Waals surface area contributed by atoms with E-state index in [-0.39, 0.29) is 5.56 Å². The summed E-state index contributed by atoms with van der Waals surface area (Å²) in [7, 11) is 0. The molecule has 0 atom stereocenters. The highest BCUT2D eigenvalue weighted by Crippen LogP contribution is 2.26. The van der Waals surface area contributed by atoms with Crippen molar-refractivity contribution in [3.8, 4) is 0 Å². The molecule has 0 saturated carbocycles. The molecule has 3 rings (SSSR count). The highest BCUT2D eigenvalue weighted by Gasteiger charge is 2.10. The van der Waals surface area contributed by atoms with Crippen LogP contribution in [0, 0.1) is 6.92 Å². The van der Waals surface area contributed by atoms with Gasteiger partial charge in [0.25, 0.3) is 0 Å². The molecular formula is C12H9N3O2. The fourth-order valence-electron chi connectivity index (χ4n) is 2.02. The van der Waals surface area contributed by atoms with Crippen LogP contribution in [0.25, 0.3) is 21.9 Å². The molecule has 0 aliphatic rings. The number of hydrogen-bond donors (Lipinski definition) is 2. The standard InChI is InChI=1S/C12H9N3O2/c1-6-10-8-3-2-7(12(16)17)4-9(8)15-11(10)14-5-13-6/h2-5H,1H3,(H,16,17)(H,13,14,15). The van der Waals surface area contributed by atoms with Crippen LogP contribution in [0.15, 0.2) is 24.5 Å². The zero-order chi connectivity index (χ0) is 12.0. The lowest BCUT2D eigenvalue weighted by Crippen LogP contribution is -1.94. The summed E-state index contributed by atoms with van der Waals surface area (Å²) in [6, 6.07) is 4.98. The van der Waals surface area contributed by atoms with Crippen LogP contribution in [-0.4, -0.2) is 26.0 Å². The smallest absolute Gasteiger partial charge is 0.335 e. The summed E-state index contributed by atoms with van der Waals surface area (Å²) in [5, 5.41) is 10.8. The minimum Gasteiger partial charge on any atom is -0.478 e. The fourth-order valence-corrected chi connectivity index (χ4v) is 2.02. The molecule has 5 heteroatoms. The number of carboxylic acids is 1. The van der Waals surface area contributed by atoms with Gasteiger partial charge in [-0.25, -0.2) is 14.8 Å². The van der Waals surface area contributed by atoms with Gasteiger partial charge in [-0.05, 0) is 19.1 Å². The molecule has 0 fully saturated rings. The van der Waals surface area contributed by atoms with Gasteiger partial charge in [-0.1, -0.05) is 6.07 Å². The molecule has 0 bridgehead atoms. The van der Waals surface area contributed by atoms with E-state index in [1.54, 1.807) is 18.2 Å². The Bertz CT molecular complexity index is 746. The van der Waals surface area contributed by atoms with Crippen molar-refractivity contribution in [1.29, 1.82) is 0 Å². The molecule has 0 radical (unpaired) electrons. The van der Waals surface area contributed by atoms with Gasteiger partial charge in [0.15, 0.2) is 0 Å². The van der Waals surface area contributed by atoms with E-state index in [0.29, 0.717) is 0 Å². The third-order valence-corrected chi connectivity index (χ3v) is 2.83. The van der Waals surface area contributed by atoms with E-state index in [1.165, 1.54) is 6.33 Å². The summed E-state index contributed by atoms with van der Waals surface area (Å²) in [4.78, 5) is 22.3. The Morgan fingerprint density at radius 1 is 1.35 bits per heavy atom. The summed E-state index contributed by atoms with van der Waals surface area (Å²) in [5.41, 5.74) is 2.64. The summed E-state index contributed by atoms with van der Waals surface area (Å²) in [5.74, 6) is -0.937. The summed E-state index contributed by atoms with van der Waals surface area (Å²) < 4.78 is 0. The minimum atomic E-state index is -0.937. The number of nitrogens with zero attached hydrogens (tertiary/aromatic N) is 2. The second-order valence-corrected chi connectivity index (χ2v) is 3.87. The molecule has 2 N–H and O–H groups in total. The quantitative estimate of drug-likeness (QED) is 0.667. The van der Waals surface area contributed by atoms with Gasteiger partial charge in [0.2, 0.25) is 0 Å². The average Bonchev–Trinajstić information content (AvgIpc) is 2.67. The van der Waals surface area contributed by atoms with Crippen molar-refractivity contribution < 1.29 is 9.90 Å². The molecule has 17 heavy (non-hydrogen) atoms. The number of carboxylic acid groups (broad SMARTS) is 1. The molecule has 0 saturated heterocycles. The number of nitrogens with one attached hydrogen (secondary N) is 1. The van der Waals surface area contributed by atoms with E-state index < -0.39 is 5.97 Å². The molecule has 2 aromatic heterocycles. The van der Waals surface area contributed by atoms with Crippen molar-refractivity contribution >= 4 is 27.9 Å². The average molecular weight is 227 g/mol. The molecule has 0 unspecified atom stereocenters. The van der Waals surface area contributed by atoms with E-state index in [2.05, 4.69) is 15.0 Å². The SMILES string of the molecule is Cc1ncnc2[nH]c3cc(C(=O)O)ccc3c12. The van der Waals surface area contributed by atoms with Gasteiger partial charge < -0.3 is 10.1 Å². The lowest BCUT2D eigenvalue weighted by Gasteiger charge is -1.95. The highest BCUT2D eigenvalue weighted by atomic mass is 16.4. The Morgan fingerprint density at radius 3 is 2.94 bits per heavy atom. The van der Waals surface area contributed by atoms with Crippen LogP contribution in [0.4, 0.5) is 0 Å². The third-order valence-electron chi connectivity index (χ3n) is 2.83. The second-order valence-electron chi connectivity index (χ2n) is 3.87. The van der Waals surface area contributed by atoms with Gasteiger partial charge in [0.1, 0.15) is 12.0 Å². The van der Waals surface area contributed by atoms with Crippen LogP contribution in [0.2, 0.25) is 0 Å². The summed E-state index contributed by atoms with van der Waals surface area (Å²) in [6.45, 7) is 1.91. The van der Waals surface area contributed by atoms with E-state index >= 15 is 0 Å². The number of benzene rings is 1. The highest BCUT2D eigenvalue weighted by molar-refractivity contribution is 6.08. The third kappa shape index (κ3) is 1.36. The number of hydrogen-bond acceptors (Lipinski definition) is 3. The van der Waals surface area contributed by atoms with E-state index in [0.717, 1.165) is 27.6 Å². The van der Waals surface area contributed by atoms with Crippen molar-refractivity contribution in [3.05, 3.63) is 35.8 Å². The lowest BCUT2D eigenvalue weighted by atomic mass is 10.1. The van der Waals surface area contributed by atoms with Crippen LogP contribution < -0.4 is 0 Å². The van der Waals surface area contributed by atoms with Crippen molar-refractivity contribution in [2.45, 2.75) is 6.92 Å². The first-order valence-electron chi connectivity index (χ1n) is 5.13. The number of aromatic amines is 1. The van der Waals surface area contributed by atoms with Gasteiger partial charge >= 0.3 is 5.97 Å². The normalized spacial score (nSPS) is 11.1. The van der Waals surface area contributed by atoms with E-state index in [4.69, 9.17) is 5.11 Å². The number of H-pyrrole nitrogens is 1. The van der Waals surface area contributed by atoms with Crippen LogP contribution in [-0.2, 0) is 0 Å². The number of fused-ring (bicyclic) bond motifs is 3. The summed E-state index contributed by atoms with van der Waals surface area (Å²) in [6.07, 6.45) is 1.49. The minimum absolute atomic E-state index is 0.259. The van der Waals surface area contributed by atoms with Crippen molar-refractivity contribution in [1.82, 2.24) is 15.0 Å². The molecule has 1 aromatic carbocycles. The number of aromatic nitrogens is 3.